The predicted molar refractivity (Wildman–Crippen MR) is 97.9 cm³/mol. The number of ketones is 2. The zero-order chi connectivity index (χ0) is 15.8. The van der Waals surface area contributed by atoms with Gasteiger partial charge in [-0.15, -0.1) is 22.7 Å². The Morgan fingerprint density at radius 2 is 1.41 bits per heavy atom. The van der Waals surface area contributed by atoms with Crippen molar-refractivity contribution in [2.75, 3.05) is 0 Å². The molecule has 0 atom stereocenters. The number of halogens is 2. The molecule has 0 N–H and O–H groups in total. The highest BCUT2D eigenvalue weighted by molar-refractivity contribution is 9.12. The normalized spacial score (nSPS) is 13.6. The standard InChI is InChI=1S/C16H8Br2O2S2/c1-5-3-4-6(2)8-7(5)11(19)9-10-14(16(18)22-15(10)17)21-13(9)12(8)20/h3-4H,1-2H3. The smallest absolute Gasteiger partial charge is 0.204 e. The largest absolute Gasteiger partial charge is 0.288 e. The van der Waals surface area contributed by atoms with Gasteiger partial charge in [-0.1, -0.05) is 12.1 Å². The Morgan fingerprint density at radius 1 is 0.818 bits per heavy atom. The van der Waals surface area contributed by atoms with Gasteiger partial charge in [-0.2, -0.15) is 0 Å². The van der Waals surface area contributed by atoms with Crippen molar-refractivity contribution in [2.45, 2.75) is 13.8 Å². The summed E-state index contributed by atoms with van der Waals surface area (Å²) in [7, 11) is 0. The fourth-order valence-electron chi connectivity index (χ4n) is 2.94. The number of carbonyl (C=O) groups is 2. The quantitative estimate of drug-likeness (QED) is 0.331. The van der Waals surface area contributed by atoms with Gasteiger partial charge in [0, 0.05) is 16.5 Å². The molecule has 1 aromatic carbocycles. The van der Waals surface area contributed by atoms with Gasteiger partial charge in [-0.3, -0.25) is 9.59 Å². The molecule has 22 heavy (non-hydrogen) atoms. The summed E-state index contributed by atoms with van der Waals surface area (Å²) < 4.78 is 2.81. The number of fused-ring (bicyclic) bond motifs is 4. The average Bonchev–Trinajstić information content (AvgIpc) is 2.99. The average molecular weight is 456 g/mol. The maximum Gasteiger partial charge on any atom is 0.204 e. The third kappa shape index (κ3) is 1.75. The maximum atomic E-state index is 13.1. The molecule has 0 spiro atoms. The summed E-state index contributed by atoms with van der Waals surface area (Å²) in [6.07, 6.45) is 0. The molecule has 0 saturated carbocycles. The summed E-state index contributed by atoms with van der Waals surface area (Å²) in [5.74, 6) is -0.0705. The zero-order valence-corrected chi connectivity index (χ0v) is 16.3. The lowest BCUT2D eigenvalue weighted by molar-refractivity contribution is 0.0982. The van der Waals surface area contributed by atoms with Gasteiger partial charge in [-0.05, 0) is 56.8 Å². The number of rotatable bonds is 0. The van der Waals surface area contributed by atoms with E-state index in [-0.39, 0.29) is 11.6 Å². The Morgan fingerprint density at radius 3 is 2.05 bits per heavy atom. The molecule has 4 rings (SSSR count). The third-order valence-corrected chi connectivity index (χ3v) is 8.10. The molecule has 0 amide bonds. The van der Waals surface area contributed by atoms with Crippen molar-refractivity contribution in [1.82, 2.24) is 0 Å². The van der Waals surface area contributed by atoms with Crippen LogP contribution in [0.3, 0.4) is 0 Å². The Balaban J connectivity index is 2.17. The van der Waals surface area contributed by atoms with E-state index in [1.54, 1.807) is 0 Å². The molecule has 2 aromatic heterocycles. The fourth-order valence-corrected chi connectivity index (χ4v) is 7.59. The Kier molecular flexibility index (Phi) is 3.24. The van der Waals surface area contributed by atoms with Crippen molar-refractivity contribution in [3.05, 3.63) is 52.4 Å². The molecule has 1 aliphatic carbocycles. The lowest BCUT2D eigenvalue weighted by Crippen LogP contribution is -2.21. The molecule has 0 aliphatic heterocycles. The highest BCUT2D eigenvalue weighted by atomic mass is 79.9. The molecular weight excluding hydrogens is 448 g/mol. The first kappa shape index (κ1) is 14.8. The zero-order valence-electron chi connectivity index (χ0n) is 11.5. The van der Waals surface area contributed by atoms with Gasteiger partial charge in [0.15, 0.2) is 5.78 Å². The molecule has 0 fully saturated rings. The first-order chi connectivity index (χ1) is 10.4. The van der Waals surface area contributed by atoms with E-state index in [2.05, 4.69) is 31.9 Å². The number of thiophene rings is 2. The SMILES string of the molecule is Cc1ccc(C)c2c1C(=O)c1sc3c(Br)sc(Br)c3c1C2=O. The monoisotopic (exact) mass is 454 g/mol. The van der Waals surface area contributed by atoms with Crippen molar-refractivity contribution in [3.63, 3.8) is 0 Å². The Hall–Kier alpha value is -0.820. The number of hydrogen-bond donors (Lipinski definition) is 0. The Bertz CT molecular complexity index is 1010. The van der Waals surface area contributed by atoms with E-state index in [1.807, 2.05) is 26.0 Å². The van der Waals surface area contributed by atoms with Gasteiger partial charge < -0.3 is 0 Å². The number of benzene rings is 1. The summed E-state index contributed by atoms with van der Waals surface area (Å²) in [6, 6.07) is 3.82. The second-order valence-corrected chi connectivity index (χ2v) is 9.94. The second-order valence-electron chi connectivity index (χ2n) is 5.27. The van der Waals surface area contributed by atoms with Crippen molar-refractivity contribution in [3.8, 4) is 0 Å². The maximum absolute atomic E-state index is 13.1. The molecule has 0 bridgehead atoms. The molecule has 0 radical (unpaired) electrons. The summed E-state index contributed by atoms with van der Waals surface area (Å²) in [5, 5.41) is 0.863. The minimum Gasteiger partial charge on any atom is -0.288 e. The summed E-state index contributed by atoms with van der Waals surface area (Å²) in [6.45, 7) is 3.77. The first-order valence-corrected chi connectivity index (χ1v) is 9.73. The van der Waals surface area contributed by atoms with Gasteiger partial charge in [0.05, 0.1) is 22.7 Å². The van der Waals surface area contributed by atoms with Gasteiger partial charge in [-0.25, -0.2) is 0 Å². The Labute approximate surface area is 151 Å². The molecule has 1 aliphatic rings. The van der Waals surface area contributed by atoms with Crippen LogP contribution in [-0.4, -0.2) is 11.6 Å². The molecule has 3 aromatic rings. The van der Waals surface area contributed by atoms with Crippen LogP contribution in [-0.2, 0) is 0 Å². The molecular formula is C16H8Br2O2S2. The van der Waals surface area contributed by atoms with E-state index in [9.17, 15) is 9.59 Å². The lowest BCUT2D eigenvalue weighted by Gasteiger charge is -2.18. The first-order valence-electron chi connectivity index (χ1n) is 6.51. The van der Waals surface area contributed by atoms with Crippen LogP contribution in [0.15, 0.2) is 19.7 Å². The molecule has 6 heteroatoms. The topological polar surface area (TPSA) is 34.1 Å². The van der Waals surface area contributed by atoms with Crippen LogP contribution in [0.1, 0.15) is 42.3 Å². The predicted octanol–water partition coefficient (Wildman–Crippen LogP) is 5.88. The van der Waals surface area contributed by atoms with Crippen LogP contribution in [0.5, 0.6) is 0 Å². The highest BCUT2D eigenvalue weighted by Crippen LogP contribution is 2.49. The lowest BCUT2D eigenvalue weighted by atomic mass is 9.83. The van der Waals surface area contributed by atoms with Crippen molar-refractivity contribution >= 4 is 76.2 Å². The second kappa shape index (κ2) is 4.84. The van der Waals surface area contributed by atoms with E-state index in [1.165, 1.54) is 22.7 Å². The molecule has 0 unspecified atom stereocenters. The van der Waals surface area contributed by atoms with Crippen molar-refractivity contribution in [1.29, 1.82) is 0 Å². The fraction of sp³-hybridized carbons (Fsp3) is 0.125. The van der Waals surface area contributed by atoms with Crippen LogP contribution in [0.2, 0.25) is 0 Å². The van der Waals surface area contributed by atoms with Crippen molar-refractivity contribution in [2.24, 2.45) is 0 Å². The molecule has 2 nitrogen and oxygen atoms in total. The van der Waals surface area contributed by atoms with Gasteiger partial charge in [0.1, 0.15) is 0 Å². The van der Waals surface area contributed by atoms with Crippen LogP contribution < -0.4 is 0 Å². The number of carbonyl (C=O) groups excluding carboxylic acids is 2. The minimum absolute atomic E-state index is 0.0317. The molecule has 0 saturated heterocycles. The molecule has 110 valence electrons. The van der Waals surface area contributed by atoms with Crippen LogP contribution in [0.4, 0.5) is 0 Å². The van der Waals surface area contributed by atoms with E-state index < -0.39 is 0 Å². The van der Waals surface area contributed by atoms with Gasteiger partial charge >= 0.3 is 0 Å². The van der Waals surface area contributed by atoms with Gasteiger partial charge in [0.25, 0.3) is 0 Å². The molecule has 2 heterocycles. The summed E-state index contributed by atoms with van der Waals surface area (Å²) in [5.41, 5.74) is 3.40. The van der Waals surface area contributed by atoms with E-state index >= 15 is 0 Å². The number of hydrogen-bond acceptors (Lipinski definition) is 4. The minimum atomic E-state index is -0.0388. The van der Waals surface area contributed by atoms with Crippen LogP contribution in [0.25, 0.3) is 10.1 Å². The summed E-state index contributed by atoms with van der Waals surface area (Å²) in [4.78, 5) is 26.6. The van der Waals surface area contributed by atoms with Crippen LogP contribution >= 0.6 is 54.5 Å². The van der Waals surface area contributed by atoms with E-state index in [0.717, 1.165) is 28.8 Å². The van der Waals surface area contributed by atoms with Gasteiger partial charge in [0.2, 0.25) is 5.78 Å². The third-order valence-electron chi connectivity index (χ3n) is 3.97. The van der Waals surface area contributed by atoms with E-state index in [4.69, 9.17) is 0 Å². The highest BCUT2D eigenvalue weighted by Gasteiger charge is 2.37. The van der Waals surface area contributed by atoms with E-state index in [0.29, 0.717) is 21.6 Å². The van der Waals surface area contributed by atoms with Crippen molar-refractivity contribution < 1.29 is 9.59 Å². The number of aryl methyl sites for hydroxylation is 2. The summed E-state index contributed by atoms with van der Waals surface area (Å²) >= 11 is 9.99. The van der Waals surface area contributed by atoms with Crippen LogP contribution in [0, 0.1) is 13.8 Å².